The number of amides is 1. The highest BCUT2D eigenvalue weighted by atomic mass is 19.1. The fraction of sp³-hybridized carbons (Fsp3) is 0.364. The van der Waals surface area contributed by atoms with Crippen molar-refractivity contribution in [3.63, 3.8) is 0 Å². The van der Waals surface area contributed by atoms with E-state index in [0.717, 1.165) is 35.9 Å². The number of carbonyl (C=O) groups excluding carboxylic acids is 1. The molecule has 3 aromatic rings. The fourth-order valence-electron chi connectivity index (χ4n) is 4.43. The molecule has 0 bridgehead atoms. The number of aliphatic hydroxyl groups is 1. The van der Waals surface area contributed by atoms with E-state index in [9.17, 15) is 14.3 Å². The molecule has 1 spiro atoms. The van der Waals surface area contributed by atoms with Crippen molar-refractivity contribution in [3.05, 3.63) is 59.4 Å². The smallest absolute Gasteiger partial charge is 0.235 e. The topological polar surface area (TPSA) is 58.4 Å². The van der Waals surface area contributed by atoms with Crippen LogP contribution in [0.5, 0.6) is 0 Å². The lowest BCUT2D eigenvalue weighted by Crippen LogP contribution is -2.66. The molecule has 1 aliphatic heterocycles. The molecule has 2 aromatic carbocycles. The molecule has 0 radical (unpaired) electrons. The van der Waals surface area contributed by atoms with Crippen molar-refractivity contribution in [3.8, 4) is 0 Å². The second-order valence-electron chi connectivity index (χ2n) is 8.38. The molecule has 1 aromatic heterocycles. The molecule has 5 rings (SSSR count). The summed E-state index contributed by atoms with van der Waals surface area (Å²) in [6, 6.07) is 11.9. The standard InChI is InChI=1S/C22H22FN3O2/c1-21(2,28)15-7-8-17-18(13-15)25-20(24-17)26(22(25)9-4-10-22)19(27)12-14-5-3-6-16(23)11-14/h3,5-8,11,13,28H,4,9-10,12H2,1-2H3. The Morgan fingerprint density at radius 2 is 2.04 bits per heavy atom. The van der Waals surface area contributed by atoms with Crippen molar-refractivity contribution in [2.24, 2.45) is 0 Å². The molecule has 28 heavy (non-hydrogen) atoms. The highest BCUT2D eigenvalue weighted by Crippen LogP contribution is 2.55. The first-order chi connectivity index (χ1) is 13.3. The lowest BCUT2D eigenvalue weighted by Gasteiger charge is -2.58. The lowest BCUT2D eigenvalue weighted by molar-refractivity contribution is -0.123. The molecule has 6 heteroatoms. The predicted molar refractivity (Wildman–Crippen MR) is 104 cm³/mol. The van der Waals surface area contributed by atoms with Crippen LogP contribution in [0.25, 0.3) is 11.0 Å². The Bertz CT molecular complexity index is 1110. The van der Waals surface area contributed by atoms with Crippen LogP contribution in [-0.4, -0.2) is 20.6 Å². The van der Waals surface area contributed by atoms with Gasteiger partial charge in [0.25, 0.3) is 0 Å². The van der Waals surface area contributed by atoms with Crippen molar-refractivity contribution in [2.75, 3.05) is 4.90 Å². The van der Waals surface area contributed by atoms with Gasteiger partial charge < -0.3 is 5.11 Å². The summed E-state index contributed by atoms with van der Waals surface area (Å²) < 4.78 is 15.6. The maximum Gasteiger partial charge on any atom is 0.235 e. The number of nitrogens with zero attached hydrogens (tertiary/aromatic N) is 3. The van der Waals surface area contributed by atoms with Gasteiger partial charge in [-0.15, -0.1) is 0 Å². The summed E-state index contributed by atoms with van der Waals surface area (Å²) in [7, 11) is 0. The van der Waals surface area contributed by atoms with Crippen molar-refractivity contribution < 1.29 is 14.3 Å². The molecule has 2 aliphatic rings. The first kappa shape index (κ1) is 17.4. The van der Waals surface area contributed by atoms with Gasteiger partial charge in [0, 0.05) is 0 Å². The van der Waals surface area contributed by atoms with Gasteiger partial charge >= 0.3 is 0 Å². The van der Waals surface area contributed by atoms with E-state index in [1.807, 2.05) is 18.2 Å². The van der Waals surface area contributed by atoms with Crippen LogP contribution in [-0.2, 0) is 22.5 Å². The highest BCUT2D eigenvalue weighted by molar-refractivity contribution is 6.00. The van der Waals surface area contributed by atoms with Gasteiger partial charge in [0.1, 0.15) is 11.5 Å². The summed E-state index contributed by atoms with van der Waals surface area (Å²) in [5.41, 5.74) is 1.94. The molecule has 1 aliphatic carbocycles. The number of rotatable bonds is 3. The van der Waals surface area contributed by atoms with Crippen LogP contribution < -0.4 is 4.90 Å². The summed E-state index contributed by atoms with van der Waals surface area (Å²) in [6.07, 6.45) is 2.96. The SMILES string of the molecule is CC(C)(O)c1ccc2nc3n(c2c1)C1(CCC1)N3C(=O)Cc1cccc(F)c1. The van der Waals surface area contributed by atoms with Crippen LogP contribution >= 0.6 is 0 Å². The number of aromatic nitrogens is 2. The second-order valence-corrected chi connectivity index (χ2v) is 8.38. The molecular weight excluding hydrogens is 357 g/mol. The quantitative estimate of drug-likeness (QED) is 0.752. The van der Waals surface area contributed by atoms with E-state index in [0.29, 0.717) is 11.5 Å². The van der Waals surface area contributed by atoms with Crippen LogP contribution in [0, 0.1) is 5.82 Å². The summed E-state index contributed by atoms with van der Waals surface area (Å²) >= 11 is 0. The van der Waals surface area contributed by atoms with E-state index in [2.05, 4.69) is 9.55 Å². The molecular formula is C22H22FN3O2. The molecule has 144 valence electrons. The van der Waals surface area contributed by atoms with Crippen LogP contribution in [0.1, 0.15) is 44.2 Å². The average Bonchev–Trinajstić information content (AvgIpc) is 2.87. The molecule has 1 N–H and O–H groups in total. The lowest BCUT2D eigenvalue weighted by atomic mass is 9.79. The van der Waals surface area contributed by atoms with Crippen molar-refractivity contribution >= 4 is 22.9 Å². The number of halogens is 1. The zero-order chi connectivity index (χ0) is 19.7. The van der Waals surface area contributed by atoms with E-state index in [1.165, 1.54) is 12.1 Å². The number of benzene rings is 2. The number of fused-ring (bicyclic) bond motifs is 4. The van der Waals surface area contributed by atoms with Gasteiger partial charge in [-0.25, -0.2) is 9.37 Å². The number of hydrogen-bond donors (Lipinski definition) is 1. The third-order valence-corrected chi connectivity index (χ3v) is 6.02. The molecule has 1 fully saturated rings. The summed E-state index contributed by atoms with van der Waals surface area (Å²) in [5, 5.41) is 10.4. The van der Waals surface area contributed by atoms with Gasteiger partial charge in [-0.3, -0.25) is 14.3 Å². The van der Waals surface area contributed by atoms with Crippen LogP contribution in [0.3, 0.4) is 0 Å². The monoisotopic (exact) mass is 379 g/mol. The molecule has 2 heterocycles. The third-order valence-electron chi connectivity index (χ3n) is 6.02. The van der Waals surface area contributed by atoms with Crippen molar-refractivity contribution in [2.45, 2.75) is 50.8 Å². The number of carbonyl (C=O) groups is 1. The molecule has 0 unspecified atom stereocenters. The predicted octanol–water partition coefficient (Wildman–Crippen LogP) is 3.83. The molecule has 5 nitrogen and oxygen atoms in total. The first-order valence-corrected chi connectivity index (χ1v) is 9.63. The Balaban J connectivity index is 1.55. The minimum atomic E-state index is -0.942. The average molecular weight is 379 g/mol. The Morgan fingerprint density at radius 3 is 2.68 bits per heavy atom. The Morgan fingerprint density at radius 1 is 1.25 bits per heavy atom. The van der Waals surface area contributed by atoms with Gasteiger partial charge in [0.15, 0.2) is 0 Å². The zero-order valence-electron chi connectivity index (χ0n) is 15.9. The van der Waals surface area contributed by atoms with Crippen molar-refractivity contribution in [1.82, 2.24) is 9.55 Å². The Hall–Kier alpha value is -2.73. The zero-order valence-corrected chi connectivity index (χ0v) is 15.9. The fourth-order valence-corrected chi connectivity index (χ4v) is 4.43. The van der Waals surface area contributed by atoms with E-state index in [4.69, 9.17) is 0 Å². The number of hydrogen-bond acceptors (Lipinski definition) is 3. The number of imidazole rings is 1. The minimum Gasteiger partial charge on any atom is -0.386 e. The van der Waals surface area contributed by atoms with Gasteiger partial charge in [0.05, 0.1) is 23.1 Å². The minimum absolute atomic E-state index is 0.0594. The van der Waals surface area contributed by atoms with E-state index >= 15 is 0 Å². The van der Waals surface area contributed by atoms with E-state index in [1.54, 1.807) is 30.9 Å². The van der Waals surface area contributed by atoms with Crippen LogP contribution in [0.2, 0.25) is 0 Å². The van der Waals surface area contributed by atoms with Gasteiger partial charge in [-0.2, -0.15) is 0 Å². The molecule has 0 saturated heterocycles. The van der Waals surface area contributed by atoms with Gasteiger partial charge in [-0.1, -0.05) is 18.2 Å². The highest BCUT2D eigenvalue weighted by Gasteiger charge is 2.58. The summed E-state index contributed by atoms with van der Waals surface area (Å²) in [4.78, 5) is 19.6. The first-order valence-electron chi connectivity index (χ1n) is 9.63. The van der Waals surface area contributed by atoms with Gasteiger partial charge in [0.2, 0.25) is 11.9 Å². The summed E-state index contributed by atoms with van der Waals surface area (Å²) in [5.74, 6) is 0.249. The number of anilines is 1. The van der Waals surface area contributed by atoms with E-state index in [-0.39, 0.29) is 23.8 Å². The molecule has 1 amide bonds. The van der Waals surface area contributed by atoms with E-state index < -0.39 is 5.60 Å². The second kappa shape index (κ2) is 5.64. The van der Waals surface area contributed by atoms with Crippen molar-refractivity contribution in [1.29, 1.82) is 0 Å². The maximum atomic E-state index is 13.5. The van der Waals surface area contributed by atoms with Crippen LogP contribution in [0.15, 0.2) is 42.5 Å². The normalized spacial score (nSPS) is 17.4. The Labute approximate surface area is 162 Å². The Kier molecular flexibility index (Phi) is 3.50. The van der Waals surface area contributed by atoms with Gasteiger partial charge in [-0.05, 0) is 68.5 Å². The molecule has 0 atom stereocenters. The molecule has 1 saturated carbocycles. The summed E-state index contributed by atoms with van der Waals surface area (Å²) in [6.45, 7) is 3.52. The third kappa shape index (κ3) is 2.34. The van der Waals surface area contributed by atoms with Crippen LogP contribution in [0.4, 0.5) is 10.3 Å². The largest absolute Gasteiger partial charge is 0.386 e. The maximum absolute atomic E-state index is 13.5.